The van der Waals surface area contributed by atoms with E-state index in [9.17, 15) is 14.9 Å². The van der Waals surface area contributed by atoms with Gasteiger partial charge in [0.1, 0.15) is 21.8 Å². The molecule has 1 amide bonds. The molecule has 0 radical (unpaired) electrons. The summed E-state index contributed by atoms with van der Waals surface area (Å²) >= 11 is 6.53. The van der Waals surface area contributed by atoms with Crippen LogP contribution >= 0.6 is 24.0 Å². The predicted molar refractivity (Wildman–Crippen MR) is 126 cm³/mol. The lowest BCUT2D eigenvalue weighted by molar-refractivity contribution is -0.121. The van der Waals surface area contributed by atoms with E-state index < -0.39 is 0 Å². The van der Waals surface area contributed by atoms with Crippen LogP contribution < -0.4 is 10.5 Å². The van der Waals surface area contributed by atoms with Gasteiger partial charge in [-0.2, -0.15) is 5.26 Å². The number of thioether (sulfide) groups is 1. The number of pyridine rings is 1. The van der Waals surface area contributed by atoms with E-state index in [2.05, 4.69) is 29.8 Å². The van der Waals surface area contributed by atoms with Gasteiger partial charge in [-0.05, 0) is 32.0 Å². The van der Waals surface area contributed by atoms with Gasteiger partial charge in [0.2, 0.25) is 0 Å². The highest BCUT2D eigenvalue weighted by Crippen LogP contribution is 2.35. The average Bonchev–Trinajstić information content (AvgIpc) is 2.97. The lowest BCUT2D eigenvalue weighted by atomic mass is 10.0. The van der Waals surface area contributed by atoms with E-state index in [-0.39, 0.29) is 17.0 Å². The molecule has 30 heavy (non-hydrogen) atoms. The maximum Gasteiger partial charge on any atom is 0.270 e. The van der Waals surface area contributed by atoms with Gasteiger partial charge in [0.05, 0.1) is 4.91 Å². The summed E-state index contributed by atoms with van der Waals surface area (Å²) in [6, 6.07) is 2.09. The zero-order valence-corrected chi connectivity index (χ0v) is 19.5. The van der Waals surface area contributed by atoms with E-state index in [1.54, 1.807) is 18.5 Å². The van der Waals surface area contributed by atoms with Gasteiger partial charge in [0.25, 0.3) is 11.5 Å². The summed E-state index contributed by atoms with van der Waals surface area (Å²) in [7, 11) is 3.74. The highest BCUT2D eigenvalue weighted by atomic mass is 32.2. The van der Waals surface area contributed by atoms with Crippen molar-refractivity contribution < 1.29 is 4.79 Å². The second-order valence-corrected chi connectivity index (χ2v) is 9.37. The second kappa shape index (κ2) is 9.33. The maximum atomic E-state index is 13.2. The monoisotopic (exact) mass is 445 g/mol. The summed E-state index contributed by atoms with van der Waals surface area (Å²) in [6.45, 7) is 7.75. The van der Waals surface area contributed by atoms with Gasteiger partial charge in [-0.25, -0.2) is 0 Å². The van der Waals surface area contributed by atoms with E-state index >= 15 is 0 Å². The van der Waals surface area contributed by atoms with Crippen LogP contribution in [0.5, 0.6) is 0 Å². The molecule has 0 unspecified atom stereocenters. The Hall–Kier alpha value is -2.15. The van der Waals surface area contributed by atoms with E-state index in [1.165, 1.54) is 16.7 Å². The summed E-state index contributed by atoms with van der Waals surface area (Å²) in [5, 5.41) is 9.70. The third-order valence-corrected chi connectivity index (χ3v) is 7.13. The van der Waals surface area contributed by atoms with E-state index in [0.29, 0.717) is 21.3 Å². The zero-order chi connectivity index (χ0) is 22.0. The number of hydrogen-bond acceptors (Lipinski definition) is 7. The minimum Gasteiger partial charge on any atom is -0.355 e. The van der Waals surface area contributed by atoms with Gasteiger partial charge in [-0.15, -0.1) is 0 Å². The molecule has 0 bridgehead atoms. The first-order valence-corrected chi connectivity index (χ1v) is 11.3. The van der Waals surface area contributed by atoms with Gasteiger partial charge < -0.3 is 9.80 Å². The number of anilines is 1. The van der Waals surface area contributed by atoms with Crippen molar-refractivity contribution >= 4 is 46.1 Å². The van der Waals surface area contributed by atoms with Gasteiger partial charge in [0, 0.05) is 45.3 Å². The first-order chi connectivity index (χ1) is 14.3. The molecule has 0 aromatic carbocycles. The van der Waals surface area contributed by atoms with Gasteiger partial charge in [-0.3, -0.25) is 19.1 Å². The summed E-state index contributed by atoms with van der Waals surface area (Å²) < 4.78 is 2.24. The molecule has 1 aromatic rings. The fourth-order valence-electron chi connectivity index (χ4n) is 3.70. The summed E-state index contributed by atoms with van der Waals surface area (Å²) in [5.41, 5.74) is 1.27. The second-order valence-electron chi connectivity index (χ2n) is 7.69. The number of aromatic nitrogens is 1. The van der Waals surface area contributed by atoms with Crippen LogP contribution in [0.4, 0.5) is 5.82 Å². The molecule has 3 rings (SSSR count). The third kappa shape index (κ3) is 4.17. The summed E-state index contributed by atoms with van der Waals surface area (Å²) in [4.78, 5) is 32.3. The SMILES string of the molecule is CCCCn1c(N2CCN(C)CC2)c(/C=C2\SC(=S)N(C)C2=O)c(C)c(C#N)c1=O. The van der Waals surface area contributed by atoms with Gasteiger partial charge in [0.15, 0.2) is 0 Å². The van der Waals surface area contributed by atoms with Crippen LogP contribution in [0.3, 0.4) is 0 Å². The Balaban J connectivity index is 2.25. The number of rotatable bonds is 5. The topological polar surface area (TPSA) is 72.6 Å². The first-order valence-electron chi connectivity index (χ1n) is 10.1. The van der Waals surface area contributed by atoms with Crippen molar-refractivity contribution in [1.29, 1.82) is 5.26 Å². The van der Waals surface area contributed by atoms with Crippen molar-refractivity contribution in [2.24, 2.45) is 0 Å². The van der Waals surface area contributed by atoms with Crippen molar-refractivity contribution in [2.75, 3.05) is 45.2 Å². The Morgan fingerprint density at radius 2 is 1.87 bits per heavy atom. The molecule has 0 saturated carbocycles. The number of likely N-dealkylation sites (N-methyl/N-ethyl adjacent to an activating group) is 2. The number of amides is 1. The molecule has 7 nitrogen and oxygen atoms in total. The number of carbonyl (C=O) groups is 1. The minimum absolute atomic E-state index is 0.141. The molecule has 0 N–H and O–H groups in total. The average molecular weight is 446 g/mol. The molecular formula is C21H27N5O2S2. The molecule has 2 aliphatic heterocycles. The van der Waals surface area contributed by atoms with E-state index in [1.807, 2.05) is 6.08 Å². The quantitative estimate of drug-likeness (QED) is 0.509. The Labute approximate surface area is 186 Å². The molecule has 9 heteroatoms. The van der Waals surface area contributed by atoms with E-state index in [0.717, 1.165) is 50.4 Å². The molecule has 0 spiro atoms. The van der Waals surface area contributed by atoms with Crippen molar-refractivity contribution in [3.05, 3.63) is 31.9 Å². The molecule has 1 aromatic heterocycles. The normalized spacial score (nSPS) is 19.1. The van der Waals surface area contributed by atoms with E-state index in [4.69, 9.17) is 12.2 Å². The van der Waals surface area contributed by atoms with Crippen molar-refractivity contribution in [3.63, 3.8) is 0 Å². The van der Waals surface area contributed by atoms with Crippen LogP contribution in [0.1, 0.15) is 36.5 Å². The number of unbranched alkanes of at least 4 members (excludes halogenated alkanes) is 1. The highest BCUT2D eigenvalue weighted by molar-refractivity contribution is 8.26. The Morgan fingerprint density at radius 3 is 2.40 bits per heavy atom. The largest absolute Gasteiger partial charge is 0.355 e. The Morgan fingerprint density at radius 1 is 1.20 bits per heavy atom. The molecule has 2 aliphatic rings. The lowest BCUT2D eigenvalue weighted by Crippen LogP contribution is -2.47. The summed E-state index contributed by atoms with van der Waals surface area (Å²) in [6.07, 6.45) is 3.59. The fourth-order valence-corrected chi connectivity index (χ4v) is 4.86. The van der Waals surface area contributed by atoms with Gasteiger partial charge >= 0.3 is 0 Å². The molecule has 3 heterocycles. The van der Waals surface area contributed by atoms with Crippen LogP contribution in [0.25, 0.3) is 6.08 Å². The van der Waals surface area contributed by atoms with Crippen LogP contribution in [0.2, 0.25) is 0 Å². The molecule has 0 atom stereocenters. The zero-order valence-electron chi connectivity index (χ0n) is 17.9. The smallest absolute Gasteiger partial charge is 0.270 e. The molecule has 2 fully saturated rings. The minimum atomic E-state index is -0.252. The van der Waals surface area contributed by atoms with Crippen molar-refractivity contribution in [3.8, 4) is 6.07 Å². The third-order valence-electron chi connectivity index (χ3n) is 5.65. The standard InChI is InChI=1S/C21H27N5O2S2/c1-5-6-7-26-18(25-10-8-23(3)9-11-25)15(14(2)16(13-22)19(26)27)12-17-20(28)24(4)21(29)30-17/h12H,5-11H2,1-4H3/b17-12-. The highest BCUT2D eigenvalue weighted by Gasteiger charge is 2.31. The molecule has 2 saturated heterocycles. The summed E-state index contributed by atoms with van der Waals surface area (Å²) in [5.74, 6) is 0.651. The van der Waals surface area contributed by atoms with Crippen LogP contribution in [-0.4, -0.2) is 64.9 Å². The number of carbonyl (C=O) groups excluding carboxylic acids is 1. The van der Waals surface area contributed by atoms with Crippen LogP contribution in [0, 0.1) is 18.3 Å². The first kappa shape index (κ1) is 22.5. The number of nitrogens with zero attached hydrogens (tertiary/aromatic N) is 5. The molecular weight excluding hydrogens is 418 g/mol. The number of piperazine rings is 1. The number of thiocarbonyl (C=S) groups is 1. The Kier molecular flexibility index (Phi) is 7.01. The lowest BCUT2D eigenvalue weighted by Gasteiger charge is -2.36. The van der Waals surface area contributed by atoms with Crippen molar-refractivity contribution in [2.45, 2.75) is 33.2 Å². The Bertz CT molecular complexity index is 1000. The fraction of sp³-hybridized carbons (Fsp3) is 0.524. The van der Waals surface area contributed by atoms with Crippen LogP contribution in [-0.2, 0) is 11.3 Å². The van der Waals surface area contributed by atoms with Crippen molar-refractivity contribution in [1.82, 2.24) is 14.4 Å². The maximum absolute atomic E-state index is 13.2. The number of hydrogen-bond donors (Lipinski definition) is 0. The van der Waals surface area contributed by atoms with Gasteiger partial charge in [-0.1, -0.05) is 37.3 Å². The predicted octanol–water partition coefficient (Wildman–Crippen LogP) is 2.41. The molecule has 160 valence electrons. The number of nitriles is 1. The van der Waals surface area contributed by atoms with Crippen LogP contribution in [0.15, 0.2) is 9.70 Å². The molecule has 0 aliphatic carbocycles.